The molecule has 0 saturated carbocycles. The molecule has 28 heavy (non-hydrogen) atoms. The van der Waals surface area contributed by atoms with E-state index < -0.39 is 16.1 Å². The van der Waals surface area contributed by atoms with E-state index in [4.69, 9.17) is 11.6 Å². The molecule has 0 bridgehead atoms. The van der Waals surface area contributed by atoms with E-state index in [1.54, 1.807) is 12.1 Å². The van der Waals surface area contributed by atoms with Crippen LogP contribution in [0.1, 0.15) is 36.4 Å². The summed E-state index contributed by atoms with van der Waals surface area (Å²) in [5.74, 6) is 0.0236. The first-order valence-corrected chi connectivity index (χ1v) is 11.4. The van der Waals surface area contributed by atoms with Gasteiger partial charge in [-0.1, -0.05) is 35.9 Å². The fourth-order valence-electron chi connectivity index (χ4n) is 4.13. The second-order valence-electron chi connectivity index (χ2n) is 7.33. The molecular formula is C21H23ClN2O3S. The highest BCUT2D eigenvalue weighted by Crippen LogP contribution is 2.37. The molecule has 5 nitrogen and oxygen atoms in total. The van der Waals surface area contributed by atoms with E-state index in [2.05, 4.69) is 0 Å². The molecule has 148 valence electrons. The maximum atomic E-state index is 13.4. The van der Waals surface area contributed by atoms with Crippen LogP contribution in [0.4, 0.5) is 0 Å². The molecule has 0 aromatic heterocycles. The Hall–Kier alpha value is -1.89. The van der Waals surface area contributed by atoms with E-state index in [-0.39, 0.29) is 17.2 Å². The highest BCUT2D eigenvalue weighted by molar-refractivity contribution is 7.89. The molecule has 2 aromatic rings. The second kappa shape index (κ2) is 7.85. The molecular weight excluding hydrogens is 396 g/mol. The number of amides is 1. The van der Waals surface area contributed by atoms with Crippen LogP contribution in [0.5, 0.6) is 0 Å². The average Bonchev–Trinajstić information content (AvgIpc) is 3.23. The third kappa shape index (κ3) is 3.69. The van der Waals surface area contributed by atoms with Gasteiger partial charge in [-0.05, 0) is 54.7 Å². The van der Waals surface area contributed by atoms with Gasteiger partial charge in [0.15, 0.2) is 0 Å². The normalized spacial score (nSPS) is 20.2. The highest BCUT2D eigenvalue weighted by Gasteiger charge is 2.38. The highest BCUT2D eigenvalue weighted by atomic mass is 35.5. The molecule has 0 aliphatic carbocycles. The van der Waals surface area contributed by atoms with Crippen LogP contribution >= 0.6 is 11.6 Å². The van der Waals surface area contributed by atoms with E-state index in [0.717, 1.165) is 37.1 Å². The molecule has 1 amide bonds. The zero-order chi connectivity index (χ0) is 19.7. The smallest absolute Gasteiger partial charge is 0.243 e. The summed E-state index contributed by atoms with van der Waals surface area (Å²) < 4.78 is 28.3. The predicted molar refractivity (Wildman–Crippen MR) is 109 cm³/mol. The lowest BCUT2D eigenvalue weighted by Crippen LogP contribution is -2.42. The Balaban J connectivity index is 1.70. The number of likely N-dealkylation sites (tertiary alicyclic amines) is 1. The summed E-state index contributed by atoms with van der Waals surface area (Å²) in [5, 5.41) is 0.490. The predicted octanol–water partition coefficient (Wildman–Crippen LogP) is 3.64. The molecule has 0 spiro atoms. The minimum Gasteiger partial charge on any atom is -0.343 e. The molecule has 1 atom stereocenters. The van der Waals surface area contributed by atoms with E-state index in [0.29, 0.717) is 18.0 Å². The Kier molecular flexibility index (Phi) is 5.45. The van der Waals surface area contributed by atoms with Crippen molar-refractivity contribution in [1.82, 2.24) is 9.21 Å². The van der Waals surface area contributed by atoms with Crippen LogP contribution < -0.4 is 0 Å². The van der Waals surface area contributed by atoms with Crippen molar-refractivity contribution in [2.45, 2.75) is 36.6 Å². The van der Waals surface area contributed by atoms with Gasteiger partial charge >= 0.3 is 0 Å². The van der Waals surface area contributed by atoms with Crippen molar-refractivity contribution >= 4 is 27.5 Å². The Morgan fingerprint density at radius 2 is 1.68 bits per heavy atom. The summed E-state index contributed by atoms with van der Waals surface area (Å²) in [6, 6.07) is 13.6. The van der Waals surface area contributed by atoms with E-state index in [9.17, 15) is 13.2 Å². The van der Waals surface area contributed by atoms with Crippen molar-refractivity contribution in [3.05, 3.63) is 64.7 Å². The Morgan fingerprint density at radius 1 is 1.00 bits per heavy atom. The van der Waals surface area contributed by atoms with Gasteiger partial charge in [0.25, 0.3) is 0 Å². The first-order chi connectivity index (χ1) is 13.5. The van der Waals surface area contributed by atoms with Gasteiger partial charge in [0.1, 0.15) is 0 Å². The summed E-state index contributed by atoms with van der Waals surface area (Å²) in [5.41, 5.74) is 2.04. The van der Waals surface area contributed by atoms with Crippen LogP contribution in [0, 0.1) is 0 Å². The van der Waals surface area contributed by atoms with Crippen molar-refractivity contribution in [2.24, 2.45) is 0 Å². The number of carbonyl (C=O) groups is 1. The fourth-order valence-corrected chi connectivity index (χ4v) is 5.86. The maximum absolute atomic E-state index is 13.4. The van der Waals surface area contributed by atoms with Gasteiger partial charge in [-0.25, -0.2) is 8.42 Å². The van der Waals surface area contributed by atoms with Crippen LogP contribution in [0.15, 0.2) is 53.4 Å². The maximum Gasteiger partial charge on any atom is 0.243 e. The third-order valence-electron chi connectivity index (χ3n) is 5.61. The standard InChI is InChI=1S/C21H23ClN2O3S/c22-17-7-9-18(10-8-17)28(26,27)24-14-11-16-5-1-2-6-19(16)20(24)15-21(25)23-12-3-4-13-23/h1-2,5-10,20H,3-4,11-15H2/t20-/m1/s1. The molecule has 1 saturated heterocycles. The van der Waals surface area contributed by atoms with Gasteiger partial charge in [0.05, 0.1) is 10.9 Å². The lowest BCUT2D eigenvalue weighted by atomic mass is 9.92. The number of fused-ring (bicyclic) bond motifs is 1. The molecule has 1 fully saturated rings. The lowest BCUT2D eigenvalue weighted by Gasteiger charge is -2.36. The van der Waals surface area contributed by atoms with Crippen LogP contribution in [0.2, 0.25) is 5.02 Å². The Labute approximate surface area is 171 Å². The molecule has 2 aromatic carbocycles. The van der Waals surface area contributed by atoms with Crippen molar-refractivity contribution in [2.75, 3.05) is 19.6 Å². The quantitative estimate of drug-likeness (QED) is 0.761. The van der Waals surface area contributed by atoms with Crippen LogP contribution in [-0.2, 0) is 21.2 Å². The van der Waals surface area contributed by atoms with Gasteiger partial charge in [-0.15, -0.1) is 0 Å². The summed E-state index contributed by atoms with van der Waals surface area (Å²) in [7, 11) is -3.74. The van der Waals surface area contributed by atoms with E-state index in [1.807, 2.05) is 29.2 Å². The summed E-state index contributed by atoms with van der Waals surface area (Å²) in [6.07, 6.45) is 2.83. The summed E-state index contributed by atoms with van der Waals surface area (Å²) >= 11 is 5.93. The average molecular weight is 419 g/mol. The molecule has 0 N–H and O–H groups in total. The van der Waals surface area contributed by atoms with Gasteiger partial charge in [0, 0.05) is 31.1 Å². The zero-order valence-electron chi connectivity index (χ0n) is 15.6. The lowest BCUT2D eigenvalue weighted by molar-refractivity contribution is -0.131. The van der Waals surface area contributed by atoms with Gasteiger partial charge in [-0.2, -0.15) is 4.31 Å². The van der Waals surface area contributed by atoms with E-state index >= 15 is 0 Å². The molecule has 0 radical (unpaired) electrons. The van der Waals surface area contributed by atoms with Crippen molar-refractivity contribution in [1.29, 1.82) is 0 Å². The number of carbonyl (C=O) groups excluding carboxylic acids is 1. The largest absolute Gasteiger partial charge is 0.343 e. The number of rotatable bonds is 4. The van der Waals surface area contributed by atoms with Crippen LogP contribution in [0.3, 0.4) is 0 Å². The van der Waals surface area contributed by atoms with Crippen molar-refractivity contribution in [3.8, 4) is 0 Å². The van der Waals surface area contributed by atoms with Crippen LogP contribution in [-0.4, -0.2) is 43.2 Å². The topological polar surface area (TPSA) is 57.7 Å². The molecule has 2 aliphatic heterocycles. The van der Waals surface area contributed by atoms with Crippen LogP contribution in [0.25, 0.3) is 0 Å². The van der Waals surface area contributed by atoms with Gasteiger partial charge in [-0.3, -0.25) is 4.79 Å². The minimum absolute atomic E-state index is 0.0236. The molecule has 0 unspecified atom stereocenters. The molecule has 2 aliphatic rings. The minimum atomic E-state index is -3.74. The first-order valence-electron chi connectivity index (χ1n) is 9.60. The SMILES string of the molecule is O=C(C[C@@H]1c2ccccc2CCN1S(=O)(=O)c1ccc(Cl)cc1)N1CCCC1. The third-order valence-corrected chi connectivity index (χ3v) is 7.78. The number of nitrogens with zero attached hydrogens (tertiary/aromatic N) is 2. The first kappa shape index (κ1) is 19.4. The summed E-state index contributed by atoms with van der Waals surface area (Å²) in [6.45, 7) is 1.88. The number of sulfonamides is 1. The van der Waals surface area contributed by atoms with Gasteiger partial charge < -0.3 is 4.90 Å². The molecule has 2 heterocycles. The monoisotopic (exact) mass is 418 g/mol. The summed E-state index contributed by atoms with van der Waals surface area (Å²) in [4.78, 5) is 14.9. The van der Waals surface area contributed by atoms with E-state index in [1.165, 1.54) is 16.4 Å². The number of benzene rings is 2. The Bertz CT molecular complexity index is 969. The zero-order valence-corrected chi connectivity index (χ0v) is 17.1. The molecule has 4 rings (SSSR count). The molecule has 7 heteroatoms. The van der Waals surface area contributed by atoms with Crippen molar-refractivity contribution < 1.29 is 13.2 Å². The Morgan fingerprint density at radius 3 is 2.39 bits per heavy atom. The van der Waals surface area contributed by atoms with Crippen molar-refractivity contribution in [3.63, 3.8) is 0 Å². The second-order valence-corrected chi connectivity index (χ2v) is 9.65. The fraction of sp³-hybridized carbons (Fsp3) is 0.381. The number of halogens is 1. The number of hydrogen-bond donors (Lipinski definition) is 0. The number of hydrogen-bond acceptors (Lipinski definition) is 3. The van der Waals surface area contributed by atoms with Gasteiger partial charge in [0.2, 0.25) is 15.9 Å².